The Morgan fingerprint density at radius 1 is 1.00 bits per heavy atom. The van der Waals surface area contributed by atoms with Gasteiger partial charge in [0.15, 0.2) is 0 Å². The van der Waals surface area contributed by atoms with Gasteiger partial charge in [0.05, 0.1) is 6.54 Å². The Labute approximate surface area is 178 Å². The van der Waals surface area contributed by atoms with Gasteiger partial charge in [0.2, 0.25) is 11.8 Å². The van der Waals surface area contributed by atoms with Crippen LogP contribution in [0.3, 0.4) is 0 Å². The molecular weight excluding hydrogens is 376 g/mol. The standard InChI is InChI=1S/C24H32N4O2/c1-26-12-9-20(10-13-26)27-14-7-19(8-15-27)24(29)28-16-11-22-21(17-28)25-23(30-22)18-5-3-2-4-6-18/h2-6,19-20H,7-17H2,1H3. The van der Waals surface area contributed by atoms with E-state index in [-0.39, 0.29) is 5.92 Å². The van der Waals surface area contributed by atoms with Gasteiger partial charge in [-0.3, -0.25) is 4.79 Å². The summed E-state index contributed by atoms with van der Waals surface area (Å²) in [6.45, 7) is 5.84. The third-order valence-electron chi connectivity index (χ3n) is 7.14. The predicted molar refractivity (Wildman–Crippen MR) is 116 cm³/mol. The summed E-state index contributed by atoms with van der Waals surface area (Å²) in [7, 11) is 2.21. The molecule has 0 unspecified atom stereocenters. The molecule has 3 aliphatic rings. The number of oxazole rings is 1. The molecule has 1 aromatic carbocycles. The first-order chi connectivity index (χ1) is 14.7. The van der Waals surface area contributed by atoms with Gasteiger partial charge in [0.25, 0.3) is 0 Å². The lowest BCUT2D eigenvalue weighted by Crippen LogP contribution is -2.49. The highest BCUT2D eigenvalue weighted by molar-refractivity contribution is 5.79. The summed E-state index contributed by atoms with van der Waals surface area (Å²) < 4.78 is 6.00. The topological polar surface area (TPSA) is 52.8 Å². The highest BCUT2D eigenvalue weighted by atomic mass is 16.4. The number of benzene rings is 1. The third kappa shape index (κ3) is 4.03. The molecule has 0 bridgehead atoms. The van der Waals surface area contributed by atoms with E-state index in [4.69, 9.17) is 9.40 Å². The van der Waals surface area contributed by atoms with E-state index in [0.29, 0.717) is 24.4 Å². The number of aromatic nitrogens is 1. The monoisotopic (exact) mass is 408 g/mol. The SMILES string of the molecule is CN1CCC(N2CCC(C(=O)N3CCc4oc(-c5ccccc5)nc4C3)CC2)CC1. The van der Waals surface area contributed by atoms with Crippen LogP contribution in [0.4, 0.5) is 0 Å². The van der Waals surface area contributed by atoms with Crippen LogP contribution >= 0.6 is 0 Å². The van der Waals surface area contributed by atoms with Crippen LogP contribution in [0.1, 0.15) is 37.1 Å². The maximum atomic E-state index is 13.2. The smallest absolute Gasteiger partial charge is 0.226 e. The quantitative estimate of drug-likeness (QED) is 0.781. The Morgan fingerprint density at radius 2 is 1.73 bits per heavy atom. The van der Waals surface area contributed by atoms with Gasteiger partial charge in [-0.15, -0.1) is 0 Å². The van der Waals surface area contributed by atoms with Crippen LogP contribution in [0.25, 0.3) is 11.5 Å². The summed E-state index contributed by atoms with van der Waals surface area (Å²) >= 11 is 0. The molecular formula is C24H32N4O2. The molecule has 160 valence electrons. The fourth-order valence-electron chi connectivity index (χ4n) is 5.22. The van der Waals surface area contributed by atoms with Crippen LogP contribution in [0, 0.1) is 5.92 Å². The lowest BCUT2D eigenvalue weighted by Gasteiger charge is -2.41. The Balaban J connectivity index is 1.18. The minimum atomic E-state index is 0.162. The highest BCUT2D eigenvalue weighted by Gasteiger charge is 2.34. The van der Waals surface area contributed by atoms with Gasteiger partial charge < -0.3 is 19.1 Å². The number of carbonyl (C=O) groups is 1. The van der Waals surface area contributed by atoms with E-state index in [1.54, 1.807) is 0 Å². The van der Waals surface area contributed by atoms with E-state index in [9.17, 15) is 4.79 Å². The van der Waals surface area contributed by atoms with E-state index in [0.717, 1.165) is 55.9 Å². The molecule has 6 heteroatoms. The van der Waals surface area contributed by atoms with Crippen molar-refractivity contribution < 1.29 is 9.21 Å². The van der Waals surface area contributed by atoms with Gasteiger partial charge >= 0.3 is 0 Å². The van der Waals surface area contributed by atoms with Crippen molar-refractivity contribution in [3.05, 3.63) is 41.8 Å². The number of amides is 1. The fraction of sp³-hybridized carbons (Fsp3) is 0.583. The lowest BCUT2D eigenvalue weighted by molar-refractivity contribution is -0.138. The van der Waals surface area contributed by atoms with Crippen LogP contribution in [-0.4, -0.2) is 71.4 Å². The predicted octanol–water partition coefficient (Wildman–Crippen LogP) is 3.03. The molecule has 30 heavy (non-hydrogen) atoms. The van der Waals surface area contributed by atoms with Gasteiger partial charge in [-0.25, -0.2) is 4.98 Å². The molecule has 1 aromatic heterocycles. The van der Waals surface area contributed by atoms with Crippen molar-refractivity contribution in [2.24, 2.45) is 5.92 Å². The summed E-state index contributed by atoms with van der Waals surface area (Å²) in [5.74, 6) is 2.08. The third-order valence-corrected chi connectivity index (χ3v) is 7.14. The average molecular weight is 409 g/mol. The van der Waals surface area contributed by atoms with Crippen molar-refractivity contribution in [1.82, 2.24) is 19.7 Å². The molecule has 0 spiro atoms. The van der Waals surface area contributed by atoms with Crippen molar-refractivity contribution >= 4 is 5.91 Å². The van der Waals surface area contributed by atoms with E-state index in [1.807, 2.05) is 35.2 Å². The maximum absolute atomic E-state index is 13.2. The molecule has 2 aromatic rings. The molecule has 4 heterocycles. The number of fused-ring (bicyclic) bond motifs is 1. The first-order valence-electron chi connectivity index (χ1n) is 11.4. The molecule has 2 fully saturated rings. The molecule has 0 N–H and O–H groups in total. The van der Waals surface area contributed by atoms with E-state index in [2.05, 4.69) is 16.8 Å². The van der Waals surface area contributed by atoms with E-state index >= 15 is 0 Å². The summed E-state index contributed by atoms with van der Waals surface area (Å²) in [6.07, 6.45) is 5.26. The molecule has 6 nitrogen and oxygen atoms in total. The second-order valence-electron chi connectivity index (χ2n) is 9.11. The number of rotatable bonds is 3. The van der Waals surface area contributed by atoms with Crippen LogP contribution in [0.15, 0.2) is 34.7 Å². The minimum Gasteiger partial charge on any atom is -0.441 e. The number of hydrogen-bond acceptors (Lipinski definition) is 5. The second-order valence-corrected chi connectivity index (χ2v) is 9.11. The average Bonchev–Trinajstić information content (AvgIpc) is 3.23. The van der Waals surface area contributed by atoms with Crippen LogP contribution < -0.4 is 0 Å². The van der Waals surface area contributed by atoms with Crippen molar-refractivity contribution in [2.45, 2.75) is 44.7 Å². The lowest BCUT2D eigenvalue weighted by atomic mass is 9.92. The number of carbonyl (C=O) groups excluding carboxylic acids is 1. The molecule has 3 aliphatic heterocycles. The van der Waals surface area contributed by atoms with Crippen LogP contribution in [0.5, 0.6) is 0 Å². The molecule has 0 radical (unpaired) electrons. The van der Waals surface area contributed by atoms with E-state index < -0.39 is 0 Å². The van der Waals surface area contributed by atoms with Crippen molar-refractivity contribution in [3.8, 4) is 11.5 Å². The first kappa shape index (κ1) is 19.8. The summed E-state index contributed by atoms with van der Waals surface area (Å²) in [6, 6.07) is 10.7. The van der Waals surface area contributed by atoms with Gasteiger partial charge in [0.1, 0.15) is 11.5 Å². The second kappa shape index (κ2) is 8.52. The number of piperidine rings is 2. The maximum Gasteiger partial charge on any atom is 0.226 e. The zero-order valence-electron chi connectivity index (χ0n) is 17.9. The highest BCUT2D eigenvalue weighted by Crippen LogP contribution is 2.29. The van der Waals surface area contributed by atoms with Crippen LogP contribution in [-0.2, 0) is 17.8 Å². The molecule has 5 rings (SSSR count). The Morgan fingerprint density at radius 3 is 2.47 bits per heavy atom. The van der Waals surface area contributed by atoms with Gasteiger partial charge in [-0.1, -0.05) is 18.2 Å². The number of likely N-dealkylation sites (tertiary alicyclic amines) is 2. The van der Waals surface area contributed by atoms with Gasteiger partial charge in [-0.2, -0.15) is 0 Å². The Hall–Kier alpha value is -2.18. The Kier molecular flexibility index (Phi) is 5.61. The van der Waals surface area contributed by atoms with E-state index in [1.165, 1.54) is 25.9 Å². The zero-order valence-corrected chi connectivity index (χ0v) is 17.9. The Bertz CT molecular complexity index is 865. The fourth-order valence-corrected chi connectivity index (χ4v) is 5.22. The zero-order chi connectivity index (χ0) is 20.5. The normalized spacial score (nSPS) is 22.2. The molecule has 1 amide bonds. The van der Waals surface area contributed by atoms with Crippen molar-refractivity contribution in [2.75, 3.05) is 39.8 Å². The summed E-state index contributed by atoms with van der Waals surface area (Å²) in [5.41, 5.74) is 1.92. The molecule has 0 saturated carbocycles. The first-order valence-corrected chi connectivity index (χ1v) is 11.4. The van der Waals surface area contributed by atoms with Gasteiger partial charge in [0, 0.05) is 30.5 Å². The summed E-state index contributed by atoms with van der Waals surface area (Å²) in [4.78, 5) is 25.0. The largest absolute Gasteiger partial charge is 0.441 e. The molecule has 2 saturated heterocycles. The molecule has 0 aliphatic carbocycles. The van der Waals surface area contributed by atoms with Crippen molar-refractivity contribution in [3.63, 3.8) is 0 Å². The number of nitrogens with zero attached hydrogens (tertiary/aromatic N) is 4. The van der Waals surface area contributed by atoms with Crippen LogP contribution in [0.2, 0.25) is 0 Å². The van der Waals surface area contributed by atoms with Crippen molar-refractivity contribution in [1.29, 1.82) is 0 Å². The molecule has 0 atom stereocenters. The minimum absolute atomic E-state index is 0.162. The number of hydrogen-bond donors (Lipinski definition) is 0. The van der Waals surface area contributed by atoms with Gasteiger partial charge in [-0.05, 0) is 71.0 Å². The summed E-state index contributed by atoms with van der Waals surface area (Å²) in [5, 5.41) is 0.